The number of aliphatic carboxylic acids is 1. The van der Waals surface area contributed by atoms with Crippen molar-refractivity contribution in [1.82, 2.24) is 0 Å². The van der Waals surface area contributed by atoms with E-state index in [0.717, 1.165) is 12.5 Å². The number of unbranched alkanes of at least 4 members (excludes halogenated alkanes) is 5. The molecule has 0 spiro atoms. The summed E-state index contributed by atoms with van der Waals surface area (Å²) in [6, 6.07) is 0. The number of carbonyl (C=O) groups is 1. The van der Waals surface area contributed by atoms with Crippen LogP contribution in [-0.4, -0.2) is 11.1 Å². The van der Waals surface area contributed by atoms with Gasteiger partial charge in [-0.25, -0.2) is 4.79 Å². The van der Waals surface area contributed by atoms with Gasteiger partial charge in [0.25, 0.3) is 0 Å². The maximum Gasteiger partial charge on any atom is 0.328 e. The first kappa shape index (κ1) is 16.2. The number of hydrogen-bond donors (Lipinski definition) is 1. The van der Waals surface area contributed by atoms with Crippen molar-refractivity contribution in [2.45, 2.75) is 45.4 Å². The normalized spacial score (nSPS) is 11.2. The fraction of sp³-hybridized carbons (Fsp3) is 0.438. The number of hydrogen-bond acceptors (Lipinski definition) is 1. The van der Waals surface area contributed by atoms with Crippen LogP contribution >= 0.6 is 0 Å². The molecular weight excluding hydrogens is 224 g/mol. The van der Waals surface area contributed by atoms with Gasteiger partial charge >= 0.3 is 5.97 Å². The van der Waals surface area contributed by atoms with E-state index in [-0.39, 0.29) is 0 Å². The third kappa shape index (κ3) is 14.2. The third-order valence-electron chi connectivity index (χ3n) is 2.26. The SMILES string of the molecule is CCCCCCCC#C/C=C/C=C/C=C/C(=O)O. The van der Waals surface area contributed by atoms with Crippen LogP contribution in [0.4, 0.5) is 0 Å². The summed E-state index contributed by atoms with van der Waals surface area (Å²) in [6.45, 7) is 2.21. The number of allylic oxidation sites excluding steroid dienone is 5. The van der Waals surface area contributed by atoms with Crippen LogP contribution in [0.5, 0.6) is 0 Å². The van der Waals surface area contributed by atoms with Crippen molar-refractivity contribution in [1.29, 1.82) is 0 Å². The molecule has 0 radical (unpaired) electrons. The molecule has 0 saturated carbocycles. The van der Waals surface area contributed by atoms with Crippen LogP contribution in [0.3, 0.4) is 0 Å². The van der Waals surface area contributed by atoms with Crippen LogP contribution in [0.1, 0.15) is 45.4 Å². The topological polar surface area (TPSA) is 37.3 Å². The van der Waals surface area contributed by atoms with E-state index in [1.54, 1.807) is 24.3 Å². The average Bonchev–Trinajstić information content (AvgIpc) is 2.34. The molecule has 0 saturated heterocycles. The molecule has 0 aromatic heterocycles. The van der Waals surface area contributed by atoms with Crippen molar-refractivity contribution in [3.8, 4) is 11.8 Å². The Morgan fingerprint density at radius 3 is 2.50 bits per heavy atom. The highest BCUT2D eigenvalue weighted by Gasteiger charge is 1.85. The second-order valence-electron chi connectivity index (χ2n) is 3.93. The Morgan fingerprint density at radius 1 is 1.06 bits per heavy atom. The molecule has 0 aliphatic heterocycles. The lowest BCUT2D eigenvalue weighted by Crippen LogP contribution is -1.84. The van der Waals surface area contributed by atoms with E-state index in [0.29, 0.717) is 0 Å². The van der Waals surface area contributed by atoms with Gasteiger partial charge in [-0.1, -0.05) is 68.8 Å². The van der Waals surface area contributed by atoms with E-state index in [9.17, 15) is 4.79 Å². The minimum absolute atomic E-state index is 0.938. The van der Waals surface area contributed by atoms with Crippen molar-refractivity contribution < 1.29 is 9.90 Å². The average molecular weight is 246 g/mol. The van der Waals surface area contributed by atoms with E-state index >= 15 is 0 Å². The van der Waals surface area contributed by atoms with Crippen molar-refractivity contribution in [2.75, 3.05) is 0 Å². The van der Waals surface area contributed by atoms with Gasteiger partial charge in [-0.2, -0.15) is 0 Å². The molecule has 0 aliphatic rings. The summed E-state index contributed by atoms with van der Waals surface area (Å²) in [6.07, 6.45) is 16.9. The second kappa shape index (κ2) is 13.3. The number of rotatable bonds is 8. The largest absolute Gasteiger partial charge is 0.478 e. The van der Waals surface area contributed by atoms with Crippen molar-refractivity contribution >= 4 is 5.97 Å². The van der Waals surface area contributed by atoms with Crippen LogP contribution in [0.25, 0.3) is 0 Å². The lowest BCUT2D eigenvalue weighted by atomic mass is 10.1. The van der Waals surface area contributed by atoms with Gasteiger partial charge in [-0.05, 0) is 12.5 Å². The molecule has 0 rings (SSSR count). The highest BCUT2D eigenvalue weighted by molar-refractivity contribution is 5.80. The maximum absolute atomic E-state index is 10.1. The predicted molar refractivity (Wildman–Crippen MR) is 76.2 cm³/mol. The molecule has 18 heavy (non-hydrogen) atoms. The van der Waals surface area contributed by atoms with Crippen LogP contribution in [-0.2, 0) is 4.79 Å². The monoisotopic (exact) mass is 246 g/mol. The van der Waals surface area contributed by atoms with Crippen molar-refractivity contribution in [2.24, 2.45) is 0 Å². The summed E-state index contributed by atoms with van der Waals surface area (Å²) in [7, 11) is 0. The highest BCUT2D eigenvalue weighted by Crippen LogP contribution is 2.03. The third-order valence-corrected chi connectivity index (χ3v) is 2.26. The van der Waals surface area contributed by atoms with Gasteiger partial charge < -0.3 is 5.11 Å². The Morgan fingerprint density at radius 2 is 1.78 bits per heavy atom. The van der Waals surface area contributed by atoms with Gasteiger partial charge in [0.2, 0.25) is 0 Å². The predicted octanol–water partition coefficient (Wildman–Crippen LogP) is 4.10. The summed E-state index contributed by atoms with van der Waals surface area (Å²) in [5.74, 6) is 5.10. The smallest absolute Gasteiger partial charge is 0.328 e. The molecule has 2 heteroatoms. The number of carboxylic acid groups (broad SMARTS) is 1. The molecule has 98 valence electrons. The molecule has 0 unspecified atom stereocenters. The first-order chi connectivity index (χ1) is 8.77. The summed E-state index contributed by atoms with van der Waals surface area (Å²) in [4.78, 5) is 10.1. The molecule has 0 aliphatic carbocycles. The summed E-state index contributed by atoms with van der Waals surface area (Å²) in [5, 5.41) is 8.33. The molecule has 0 bridgehead atoms. The Labute approximate surface area is 110 Å². The molecule has 1 N–H and O–H groups in total. The molecule has 0 aromatic carbocycles. The van der Waals surface area contributed by atoms with Crippen LogP contribution in [0, 0.1) is 11.8 Å². The van der Waals surface area contributed by atoms with Crippen LogP contribution in [0.15, 0.2) is 36.5 Å². The van der Waals surface area contributed by atoms with E-state index in [1.165, 1.54) is 38.2 Å². The standard InChI is InChI=1S/C16H22O2/c1-2-3-4-5-6-7-8-9-10-11-12-13-14-15-16(17)18/h10-15H,2-7H2,1H3,(H,17,18)/b11-10+,13-12+,15-14+. The Bertz CT molecular complexity index is 351. The minimum atomic E-state index is -0.938. The second-order valence-corrected chi connectivity index (χ2v) is 3.93. The lowest BCUT2D eigenvalue weighted by molar-refractivity contribution is -0.131. The molecule has 0 aromatic rings. The van der Waals surface area contributed by atoms with Gasteiger partial charge in [0.15, 0.2) is 0 Å². The van der Waals surface area contributed by atoms with E-state index < -0.39 is 5.97 Å². The maximum atomic E-state index is 10.1. The summed E-state index contributed by atoms with van der Waals surface area (Å²) < 4.78 is 0. The van der Waals surface area contributed by atoms with E-state index in [2.05, 4.69) is 18.8 Å². The highest BCUT2D eigenvalue weighted by atomic mass is 16.4. The minimum Gasteiger partial charge on any atom is -0.478 e. The van der Waals surface area contributed by atoms with E-state index in [1.807, 2.05) is 0 Å². The van der Waals surface area contributed by atoms with Gasteiger partial charge in [-0.15, -0.1) is 0 Å². The summed E-state index contributed by atoms with van der Waals surface area (Å²) in [5.41, 5.74) is 0. The zero-order chi connectivity index (χ0) is 13.5. The molecule has 0 fully saturated rings. The molecule has 0 atom stereocenters. The fourth-order valence-electron chi connectivity index (χ4n) is 1.32. The Balaban J connectivity index is 3.55. The fourth-order valence-corrected chi connectivity index (χ4v) is 1.32. The Kier molecular flexibility index (Phi) is 12.0. The molecule has 2 nitrogen and oxygen atoms in total. The van der Waals surface area contributed by atoms with Crippen LogP contribution in [0.2, 0.25) is 0 Å². The first-order valence-corrected chi connectivity index (χ1v) is 6.48. The van der Waals surface area contributed by atoms with Gasteiger partial charge in [0.1, 0.15) is 0 Å². The van der Waals surface area contributed by atoms with Crippen LogP contribution < -0.4 is 0 Å². The Hall–Kier alpha value is -1.75. The van der Waals surface area contributed by atoms with E-state index in [4.69, 9.17) is 5.11 Å². The lowest BCUT2D eigenvalue weighted by Gasteiger charge is -1.93. The van der Waals surface area contributed by atoms with Gasteiger partial charge in [-0.3, -0.25) is 0 Å². The van der Waals surface area contributed by atoms with Gasteiger partial charge in [0.05, 0.1) is 0 Å². The quantitative estimate of drug-likeness (QED) is 0.303. The zero-order valence-corrected chi connectivity index (χ0v) is 11.1. The molecule has 0 heterocycles. The van der Waals surface area contributed by atoms with Gasteiger partial charge in [0, 0.05) is 12.5 Å². The zero-order valence-electron chi connectivity index (χ0n) is 11.1. The van der Waals surface area contributed by atoms with Crippen molar-refractivity contribution in [3.05, 3.63) is 36.5 Å². The number of carboxylic acids is 1. The summed E-state index contributed by atoms with van der Waals surface area (Å²) >= 11 is 0. The molecular formula is C16H22O2. The molecule has 0 amide bonds. The van der Waals surface area contributed by atoms with Crippen molar-refractivity contribution in [3.63, 3.8) is 0 Å². The first-order valence-electron chi connectivity index (χ1n) is 6.48.